The van der Waals surface area contributed by atoms with Gasteiger partial charge < -0.3 is 15.7 Å². The molecule has 2 amide bonds. The van der Waals surface area contributed by atoms with Crippen molar-refractivity contribution in [2.45, 2.75) is 32.6 Å². The average molecular weight is 414 g/mol. The van der Waals surface area contributed by atoms with E-state index in [1.54, 1.807) is 0 Å². The lowest BCUT2D eigenvalue weighted by molar-refractivity contribution is -0.155. The molecule has 9 heteroatoms. The maximum absolute atomic E-state index is 13.3. The molecule has 1 atom stereocenters. The van der Waals surface area contributed by atoms with Crippen molar-refractivity contribution in [2.75, 3.05) is 7.11 Å². The molecule has 2 aromatic rings. The van der Waals surface area contributed by atoms with Gasteiger partial charge in [-0.15, -0.1) is 0 Å². The van der Waals surface area contributed by atoms with Gasteiger partial charge in [-0.25, -0.2) is 4.39 Å². The van der Waals surface area contributed by atoms with Crippen molar-refractivity contribution < 1.29 is 32.3 Å². The summed E-state index contributed by atoms with van der Waals surface area (Å²) in [6, 6.07) is 5.52. The summed E-state index contributed by atoms with van der Waals surface area (Å²) in [6.07, 6.45) is -4.75. The van der Waals surface area contributed by atoms with E-state index < -0.39 is 23.9 Å². The number of amides is 2. The zero-order chi connectivity index (χ0) is 22.2. The lowest BCUT2D eigenvalue weighted by Crippen LogP contribution is -2.38. The Morgan fingerprint density at radius 2 is 1.69 bits per heavy atom. The first-order valence-corrected chi connectivity index (χ1v) is 8.74. The predicted molar refractivity (Wildman–Crippen MR) is 99.8 cm³/mol. The molecule has 0 aromatic heterocycles. The minimum absolute atomic E-state index is 0.00612. The monoisotopic (exact) mass is 414 g/mol. The minimum atomic E-state index is -4.75. The van der Waals surface area contributed by atoms with Crippen molar-refractivity contribution in [3.8, 4) is 0 Å². The second-order valence-corrected chi connectivity index (χ2v) is 5.55. The molecule has 0 radical (unpaired) electrons. The van der Waals surface area contributed by atoms with Gasteiger partial charge in [0.2, 0.25) is 0 Å². The van der Waals surface area contributed by atoms with Gasteiger partial charge in [-0.2, -0.15) is 13.2 Å². The van der Waals surface area contributed by atoms with Crippen LogP contribution in [0.2, 0.25) is 0 Å². The number of aliphatic hydroxyl groups is 1. The largest absolute Gasteiger partial charge is 0.412 e. The first kappa shape index (κ1) is 24.1. The van der Waals surface area contributed by atoms with Gasteiger partial charge in [-0.1, -0.05) is 26.0 Å². The molecule has 0 unspecified atom stereocenters. The highest BCUT2D eigenvalue weighted by Crippen LogP contribution is 2.33. The summed E-state index contributed by atoms with van der Waals surface area (Å²) in [4.78, 5) is 23.7. The summed E-state index contributed by atoms with van der Waals surface area (Å²) in [5, 5.41) is 11.5. The molecule has 0 saturated carbocycles. The fourth-order valence-corrected chi connectivity index (χ4v) is 2.60. The van der Waals surface area contributed by atoms with Crippen LogP contribution in [-0.4, -0.2) is 30.2 Å². The van der Waals surface area contributed by atoms with Crippen molar-refractivity contribution in [1.82, 2.24) is 10.6 Å². The Kier molecular flexibility index (Phi) is 8.78. The highest BCUT2D eigenvalue weighted by molar-refractivity contribution is 6.01. The van der Waals surface area contributed by atoms with Crippen LogP contribution in [0.3, 0.4) is 0 Å². The Morgan fingerprint density at radius 1 is 1.10 bits per heavy atom. The molecular formula is C20H22F4N2O3. The van der Waals surface area contributed by atoms with Gasteiger partial charge in [0.05, 0.1) is 0 Å². The Bertz CT molecular complexity index is 837. The number of alkyl halides is 3. The first-order chi connectivity index (χ1) is 13.8. The van der Waals surface area contributed by atoms with Gasteiger partial charge >= 0.3 is 6.18 Å². The van der Waals surface area contributed by atoms with Crippen LogP contribution in [0.5, 0.6) is 0 Å². The highest BCUT2D eigenvalue weighted by Gasteiger charge is 2.42. The van der Waals surface area contributed by atoms with E-state index in [9.17, 15) is 27.2 Å². The third-order valence-electron chi connectivity index (χ3n) is 3.86. The molecule has 3 rings (SSSR count). The molecule has 0 saturated heterocycles. The molecule has 0 spiro atoms. The molecule has 0 fully saturated rings. The molecule has 0 aliphatic carbocycles. The van der Waals surface area contributed by atoms with Crippen molar-refractivity contribution in [3.63, 3.8) is 0 Å². The molecule has 2 aromatic carbocycles. The number of fused-ring (bicyclic) bond motifs is 1. The third-order valence-corrected chi connectivity index (χ3v) is 3.86. The number of benzene rings is 2. The molecular weight excluding hydrogens is 392 g/mol. The lowest BCUT2D eigenvalue weighted by atomic mass is 10.0. The number of hydrogen-bond acceptors (Lipinski definition) is 3. The normalized spacial score (nSPS) is 13.0. The molecule has 1 heterocycles. The number of carbonyl (C=O) groups excluding carboxylic acids is 2. The van der Waals surface area contributed by atoms with Crippen molar-refractivity contribution in [2.24, 2.45) is 0 Å². The second kappa shape index (κ2) is 10.6. The lowest BCUT2D eigenvalue weighted by Gasteiger charge is -2.22. The van der Waals surface area contributed by atoms with E-state index in [2.05, 4.69) is 5.32 Å². The summed E-state index contributed by atoms with van der Waals surface area (Å²) in [6.45, 7) is 4.22. The van der Waals surface area contributed by atoms with E-state index in [4.69, 9.17) is 5.11 Å². The Hall–Kier alpha value is -2.94. The van der Waals surface area contributed by atoms with E-state index in [0.717, 1.165) is 31.4 Å². The number of aliphatic hydroxyl groups excluding tert-OH is 1. The smallest absolute Gasteiger partial charge is 0.400 e. The SMILES string of the molecule is CC.CO.O=C(N[C@H](c1ccc(F)cc1)C(F)(F)F)c1ccc2c(c1)CNC2=O. The van der Waals surface area contributed by atoms with Crippen molar-refractivity contribution >= 4 is 11.8 Å². The van der Waals surface area contributed by atoms with Crippen molar-refractivity contribution in [1.29, 1.82) is 0 Å². The number of halogens is 4. The van der Waals surface area contributed by atoms with E-state index in [-0.39, 0.29) is 23.6 Å². The van der Waals surface area contributed by atoms with Gasteiger partial charge in [0.1, 0.15) is 5.82 Å². The maximum Gasteiger partial charge on any atom is 0.412 e. The molecule has 158 valence electrons. The topological polar surface area (TPSA) is 78.4 Å². The minimum Gasteiger partial charge on any atom is -0.400 e. The van der Waals surface area contributed by atoms with E-state index in [1.165, 1.54) is 18.2 Å². The number of carbonyl (C=O) groups is 2. The summed E-state index contributed by atoms with van der Waals surface area (Å²) in [5.41, 5.74) is 0.664. The summed E-state index contributed by atoms with van der Waals surface area (Å²) < 4.78 is 52.8. The summed E-state index contributed by atoms with van der Waals surface area (Å²) in [5.74, 6) is -1.90. The Labute approximate surface area is 165 Å². The quantitative estimate of drug-likeness (QED) is 0.670. The first-order valence-electron chi connectivity index (χ1n) is 8.74. The Morgan fingerprint density at radius 3 is 2.24 bits per heavy atom. The zero-order valence-corrected chi connectivity index (χ0v) is 16.1. The summed E-state index contributed by atoms with van der Waals surface area (Å²) >= 11 is 0. The van der Waals surface area contributed by atoms with Crippen LogP contribution in [0.4, 0.5) is 17.6 Å². The van der Waals surface area contributed by atoms with Crippen LogP contribution in [0, 0.1) is 5.82 Å². The molecule has 3 N–H and O–H groups in total. The zero-order valence-electron chi connectivity index (χ0n) is 16.1. The molecule has 1 aliphatic heterocycles. The standard InChI is InChI=1S/C17H12F4N2O2.C2H6.CH4O/c18-12-4-1-9(2-5-12)14(17(19,20)21)23-15(24)10-3-6-13-11(7-10)8-22-16(13)25;2*1-2/h1-7,14H,8H2,(H,22,25)(H,23,24);1-2H3;2H,1H3/t14-;;/m1../s1. The number of nitrogens with one attached hydrogen (secondary N) is 2. The van der Waals surface area contributed by atoms with Crippen LogP contribution in [0.15, 0.2) is 42.5 Å². The Balaban J connectivity index is 0.000000989. The highest BCUT2D eigenvalue weighted by atomic mass is 19.4. The van der Waals surface area contributed by atoms with Gasteiger partial charge in [0.25, 0.3) is 11.8 Å². The van der Waals surface area contributed by atoms with Gasteiger partial charge in [-0.3, -0.25) is 9.59 Å². The fourth-order valence-electron chi connectivity index (χ4n) is 2.60. The number of hydrogen-bond donors (Lipinski definition) is 3. The van der Waals surface area contributed by atoms with E-state index >= 15 is 0 Å². The van der Waals surface area contributed by atoms with Crippen LogP contribution in [0.25, 0.3) is 0 Å². The van der Waals surface area contributed by atoms with Gasteiger partial charge in [-0.05, 0) is 41.5 Å². The van der Waals surface area contributed by atoms with Crippen LogP contribution in [-0.2, 0) is 6.54 Å². The maximum atomic E-state index is 13.3. The second-order valence-electron chi connectivity index (χ2n) is 5.55. The third kappa shape index (κ3) is 6.02. The van der Waals surface area contributed by atoms with Crippen LogP contribution >= 0.6 is 0 Å². The van der Waals surface area contributed by atoms with Crippen LogP contribution < -0.4 is 10.6 Å². The van der Waals surface area contributed by atoms with E-state index in [0.29, 0.717) is 11.1 Å². The van der Waals surface area contributed by atoms with Gasteiger partial charge in [0, 0.05) is 24.8 Å². The van der Waals surface area contributed by atoms with Gasteiger partial charge in [0.15, 0.2) is 6.04 Å². The fraction of sp³-hybridized carbons (Fsp3) is 0.300. The van der Waals surface area contributed by atoms with E-state index in [1.807, 2.05) is 19.2 Å². The van der Waals surface area contributed by atoms with Crippen molar-refractivity contribution in [3.05, 3.63) is 70.5 Å². The predicted octanol–water partition coefficient (Wildman–Crippen LogP) is 3.74. The average Bonchev–Trinajstić information content (AvgIpc) is 3.09. The molecule has 1 aliphatic rings. The number of rotatable bonds is 3. The molecule has 0 bridgehead atoms. The molecule has 29 heavy (non-hydrogen) atoms. The molecule has 5 nitrogen and oxygen atoms in total. The van der Waals surface area contributed by atoms with Crippen LogP contribution in [0.1, 0.15) is 51.7 Å². The summed E-state index contributed by atoms with van der Waals surface area (Å²) in [7, 11) is 1.00.